The molecule has 2 heterocycles. The maximum absolute atomic E-state index is 13.4. The molecule has 3 aromatic carbocycles. The van der Waals surface area contributed by atoms with Crippen molar-refractivity contribution in [1.82, 2.24) is 0 Å². The fourth-order valence-corrected chi connectivity index (χ4v) is 3.89. The fraction of sp³-hybridized carbons (Fsp3) is 0.148. The third kappa shape index (κ3) is 3.51. The summed E-state index contributed by atoms with van der Waals surface area (Å²) in [5.41, 5.74) is 1.65. The Kier molecular flexibility index (Phi) is 4.97. The van der Waals surface area contributed by atoms with Gasteiger partial charge in [-0.05, 0) is 50.6 Å². The summed E-state index contributed by atoms with van der Waals surface area (Å²) in [7, 11) is 0. The van der Waals surface area contributed by atoms with E-state index in [0.717, 1.165) is 11.1 Å². The Labute approximate surface area is 195 Å². The number of fused-ring (bicyclic) bond motifs is 2. The number of ketones is 1. The summed E-state index contributed by atoms with van der Waals surface area (Å²) in [6.07, 6.45) is 0. The topological polar surface area (TPSA) is 97.6 Å². The number of rotatable bonds is 4. The number of carbonyl (C=O) groups excluding carboxylic acids is 3. The van der Waals surface area contributed by atoms with Gasteiger partial charge in [-0.15, -0.1) is 0 Å². The number of benzene rings is 3. The number of furan rings is 1. The van der Waals surface area contributed by atoms with Gasteiger partial charge in [0.05, 0.1) is 11.4 Å². The number of nitrogens with one attached hydrogen (secondary N) is 2. The summed E-state index contributed by atoms with van der Waals surface area (Å²) in [5, 5.41) is 6.03. The molecule has 170 valence electrons. The highest BCUT2D eigenvalue weighted by Gasteiger charge is 2.48. The standard InChI is InChI=1S/C27H22N2O5/c1-15-8-11-17(12-9-15)23(30)24-22(18-6-4-5-7-20(18)33-24)29-26(32)27(3)25(31)28-19-14-16(2)10-13-21(19)34-27/h4-14H,1-3H3,(H,28,31)(H,29,32). The number of para-hydroxylation sites is 1. The van der Waals surface area contributed by atoms with Crippen LogP contribution in [0.3, 0.4) is 0 Å². The van der Waals surface area contributed by atoms with E-state index in [1.807, 2.05) is 32.0 Å². The molecule has 1 aliphatic rings. The van der Waals surface area contributed by atoms with E-state index in [0.29, 0.717) is 28.0 Å². The maximum Gasteiger partial charge on any atom is 0.278 e. The molecule has 1 unspecified atom stereocenters. The van der Waals surface area contributed by atoms with E-state index in [1.54, 1.807) is 48.5 Å². The van der Waals surface area contributed by atoms with Crippen LogP contribution in [0.1, 0.15) is 34.2 Å². The van der Waals surface area contributed by atoms with Crippen molar-refractivity contribution >= 4 is 39.9 Å². The van der Waals surface area contributed by atoms with Crippen molar-refractivity contribution in [3.63, 3.8) is 0 Å². The lowest BCUT2D eigenvalue weighted by molar-refractivity contribution is -0.143. The molecule has 1 aromatic heterocycles. The Morgan fingerprint density at radius 3 is 2.41 bits per heavy atom. The van der Waals surface area contributed by atoms with Crippen LogP contribution in [0, 0.1) is 13.8 Å². The molecule has 0 fully saturated rings. The van der Waals surface area contributed by atoms with Crippen LogP contribution in [-0.2, 0) is 9.59 Å². The minimum Gasteiger partial charge on any atom is -0.466 e. The Balaban J connectivity index is 1.53. The van der Waals surface area contributed by atoms with Gasteiger partial charge in [0, 0.05) is 10.9 Å². The summed E-state index contributed by atoms with van der Waals surface area (Å²) >= 11 is 0. The van der Waals surface area contributed by atoms with E-state index in [9.17, 15) is 14.4 Å². The lowest BCUT2D eigenvalue weighted by Crippen LogP contribution is -2.56. The first kappa shape index (κ1) is 21.5. The number of hydrogen-bond donors (Lipinski definition) is 2. The van der Waals surface area contributed by atoms with Gasteiger partial charge in [0.1, 0.15) is 11.3 Å². The predicted octanol–water partition coefficient (Wildman–Crippen LogP) is 5.01. The van der Waals surface area contributed by atoms with E-state index in [1.165, 1.54) is 6.92 Å². The molecule has 4 aromatic rings. The highest BCUT2D eigenvalue weighted by molar-refractivity contribution is 6.23. The summed E-state index contributed by atoms with van der Waals surface area (Å²) < 4.78 is 11.7. The lowest BCUT2D eigenvalue weighted by Gasteiger charge is -2.33. The zero-order valence-electron chi connectivity index (χ0n) is 18.9. The molecule has 2 N–H and O–H groups in total. The quantitative estimate of drug-likeness (QED) is 0.334. The number of hydrogen-bond acceptors (Lipinski definition) is 5. The van der Waals surface area contributed by atoms with E-state index >= 15 is 0 Å². The van der Waals surface area contributed by atoms with Crippen LogP contribution < -0.4 is 15.4 Å². The summed E-state index contributed by atoms with van der Waals surface area (Å²) in [5.74, 6) is -1.35. The first-order chi connectivity index (χ1) is 16.3. The van der Waals surface area contributed by atoms with Crippen molar-refractivity contribution in [3.05, 3.63) is 89.2 Å². The Bertz CT molecular complexity index is 1470. The average Bonchev–Trinajstić information content (AvgIpc) is 3.18. The summed E-state index contributed by atoms with van der Waals surface area (Å²) in [4.78, 5) is 39.6. The lowest BCUT2D eigenvalue weighted by atomic mass is 10.00. The second-order valence-corrected chi connectivity index (χ2v) is 8.54. The highest BCUT2D eigenvalue weighted by Crippen LogP contribution is 2.37. The zero-order chi connectivity index (χ0) is 24.0. The molecule has 7 heteroatoms. The van der Waals surface area contributed by atoms with E-state index < -0.39 is 17.4 Å². The van der Waals surface area contributed by atoms with Gasteiger partial charge in [0.2, 0.25) is 5.78 Å². The van der Waals surface area contributed by atoms with Gasteiger partial charge >= 0.3 is 0 Å². The van der Waals surface area contributed by atoms with Crippen molar-refractivity contribution in [2.24, 2.45) is 0 Å². The number of amides is 2. The molecule has 2 amide bonds. The SMILES string of the molecule is Cc1ccc(C(=O)c2oc3ccccc3c2NC(=O)C2(C)Oc3ccc(C)cc3NC2=O)cc1. The summed E-state index contributed by atoms with van der Waals surface area (Å²) in [6.45, 7) is 5.21. The monoisotopic (exact) mass is 454 g/mol. The highest BCUT2D eigenvalue weighted by atomic mass is 16.5. The minimum atomic E-state index is -1.86. The number of anilines is 2. The molecule has 7 nitrogen and oxygen atoms in total. The molecule has 0 radical (unpaired) electrons. The third-order valence-electron chi connectivity index (χ3n) is 5.92. The van der Waals surface area contributed by atoms with Crippen LogP contribution in [0.25, 0.3) is 11.0 Å². The van der Waals surface area contributed by atoms with Gasteiger partial charge in [-0.3, -0.25) is 14.4 Å². The Morgan fingerprint density at radius 2 is 1.65 bits per heavy atom. The van der Waals surface area contributed by atoms with Crippen molar-refractivity contribution in [3.8, 4) is 5.75 Å². The second kappa shape index (κ2) is 7.88. The largest absolute Gasteiger partial charge is 0.466 e. The normalized spacial score (nSPS) is 17.0. The van der Waals surface area contributed by atoms with Gasteiger partial charge in [-0.2, -0.15) is 0 Å². The molecular weight excluding hydrogens is 432 g/mol. The molecule has 1 aliphatic heterocycles. The maximum atomic E-state index is 13.4. The molecule has 5 rings (SSSR count). The van der Waals surface area contributed by atoms with E-state index in [-0.39, 0.29) is 17.2 Å². The predicted molar refractivity (Wildman–Crippen MR) is 128 cm³/mol. The van der Waals surface area contributed by atoms with Gasteiger partial charge in [0.25, 0.3) is 17.4 Å². The van der Waals surface area contributed by atoms with Crippen LogP contribution in [0.4, 0.5) is 11.4 Å². The third-order valence-corrected chi connectivity index (χ3v) is 5.92. The van der Waals surface area contributed by atoms with Gasteiger partial charge in [0.15, 0.2) is 5.76 Å². The molecule has 34 heavy (non-hydrogen) atoms. The molecule has 0 bridgehead atoms. The van der Waals surface area contributed by atoms with Crippen molar-refractivity contribution in [1.29, 1.82) is 0 Å². The number of carbonyl (C=O) groups is 3. The molecule has 0 aliphatic carbocycles. The van der Waals surface area contributed by atoms with Gasteiger partial charge in [-0.1, -0.05) is 48.0 Å². The molecule has 0 saturated carbocycles. The van der Waals surface area contributed by atoms with E-state index in [2.05, 4.69) is 10.6 Å². The smallest absolute Gasteiger partial charge is 0.278 e. The van der Waals surface area contributed by atoms with E-state index in [4.69, 9.17) is 9.15 Å². The Hall–Kier alpha value is -4.39. The Morgan fingerprint density at radius 1 is 0.941 bits per heavy atom. The first-order valence-electron chi connectivity index (χ1n) is 10.8. The van der Waals surface area contributed by atoms with Crippen molar-refractivity contribution in [2.45, 2.75) is 26.4 Å². The number of aryl methyl sites for hydroxylation is 2. The minimum absolute atomic E-state index is 0.0192. The molecule has 0 spiro atoms. The first-order valence-corrected chi connectivity index (χ1v) is 10.8. The van der Waals surface area contributed by atoms with Crippen molar-refractivity contribution < 1.29 is 23.5 Å². The van der Waals surface area contributed by atoms with Crippen LogP contribution in [0.5, 0.6) is 5.75 Å². The summed E-state index contributed by atoms with van der Waals surface area (Å²) in [6, 6.07) is 19.4. The molecule has 1 atom stereocenters. The average molecular weight is 454 g/mol. The van der Waals surface area contributed by atoms with Gasteiger partial charge in [-0.25, -0.2) is 0 Å². The van der Waals surface area contributed by atoms with Crippen LogP contribution in [0.2, 0.25) is 0 Å². The van der Waals surface area contributed by atoms with Crippen LogP contribution >= 0.6 is 0 Å². The van der Waals surface area contributed by atoms with Crippen LogP contribution in [0.15, 0.2) is 71.1 Å². The second-order valence-electron chi connectivity index (χ2n) is 8.54. The van der Waals surface area contributed by atoms with Crippen molar-refractivity contribution in [2.75, 3.05) is 10.6 Å². The van der Waals surface area contributed by atoms with Crippen LogP contribution in [-0.4, -0.2) is 23.2 Å². The fourth-order valence-electron chi connectivity index (χ4n) is 3.89. The molecular formula is C27H22N2O5. The number of ether oxygens (including phenoxy) is 1. The van der Waals surface area contributed by atoms with Gasteiger partial charge < -0.3 is 19.8 Å². The molecule has 0 saturated heterocycles. The zero-order valence-corrected chi connectivity index (χ0v) is 18.9.